The molecule has 1 fully saturated rings. The van der Waals surface area contributed by atoms with Crippen molar-refractivity contribution in [1.82, 2.24) is 4.90 Å². The summed E-state index contributed by atoms with van der Waals surface area (Å²) in [6, 6.07) is 4.21. The number of likely N-dealkylation sites (tertiary alicyclic amines) is 1. The molecule has 3 aromatic rings. The Labute approximate surface area is 186 Å². The smallest absolute Gasteiger partial charge is 0.203 e. The third-order valence-electron chi connectivity index (χ3n) is 6.28. The first-order chi connectivity index (χ1) is 14.7. The molecule has 0 amide bonds. The molecule has 1 aliphatic carbocycles. The zero-order valence-electron chi connectivity index (χ0n) is 16.4. The molecule has 7 nitrogen and oxygen atoms in total. The van der Waals surface area contributed by atoms with Crippen LogP contribution in [-0.2, 0) is 0 Å². The van der Waals surface area contributed by atoms with Crippen molar-refractivity contribution < 1.29 is 24.8 Å². The van der Waals surface area contributed by atoms with Crippen molar-refractivity contribution in [3.63, 3.8) is 0 Å². The topological polar surface area (TPSA) is 114 Å². The molecule has 3 atom stereocenters. The van der Waals surface area contributed by atoms with Gasteiger partial charge >= 0.3 is 0 Å². The third-order valence-corrected chi connectivity index (χ3v) is 7.10. The van der Waals surface area contributed by atoms with Crippen LogP contribution in [0.3, 0.4) is 0 Å². The van der Waals surface area contributed by atoms with E-state index in [-0.39, 0.29) is 49.2 Å². The average molecular weight is 464 g/mol. The van der Waals surface area contributed by atoms with Gasteiger partial charge in [-0.3, -0.25) is 4.79 Å². The van der Waals surface area contributed by atoms with Gasteiger partial charge in [-0.1, -0.05) is 23.2 Å². The number of halogens is 2. The monoisotopic (exact) mass is 463 g/mol. The second kappa shape index (κ2) is 7.12. The highest BCUT2D eigenvalue weighted by Crippen LogP contribution is 2.50. The molecule has 4 N–H and O–H groups in total. The van der Waals surface area contributed by atoms with Crippen molar-refractivity contribution in [2.24, 2.45) is 0 Å². The normalized spacial score (nSPS) is 23.2. The van der Waals surface area contributed by atoms with Gasteiger partial charge in [0.1, 0.15) is 34.3 Å². The van der Waals surface area contributed by atoms with Crippen molar-refractivity contribution in [3.8, 4) is 22.8 Å². The summed E-state index contributed by atoms with van der Waals surface area (Å²) in [6.07, 6.45) is -1.66. The maximum atomic E-state index is 13.4. The van der Waals surface area contributed by atoms with Gasteiger partial charge in [-0.2, -0.15) is 0 Å². The van der Waals surface area contributed by atoms with Crippen molar-refractivity contribution in [1.29, 1.82) is 0 Å². The number of hydrogen-bond acceptors (Lipinski definition) is 7. The lowest BCUT2D eigenvalue weighted by molar-refractivity contribution is 0.0630. The number of phenols is 2. The van der Waals surface area contributed by atoms with Crippen LogP contribution in [0.4, 0.5) is 0 Å². The maximum Gasteiger partial charge on any atom is 0.203 e. The number of rotatable bonds is 1. The van der Waals surface area contributed by atoms with Gasteiger partial charge in [0.15, 0.2) is 0 Å². The Bertz CT molecular complexity index is 1300. The van der Waals surface area contributed by atoms with Crippen LogP contribution in [0, 0.1) is 0 Å². The third kappa shape index (κ3) is 2.88. The fourth-order valence-electron chi connectivity index (χ4n) is 4.78. The lowest BCUT2D eigenvalue weighted by Gasteiger charge is -2.34. The first kappa shape index (κ1) is 20.6. The van der Waals surface area contributed by atoms with Crippen LogP contribution in [0.5, 0.6) is 11.5 Å². The molecule has 2 aromatic carbocycles. The van der Waals surface area contributed by atoms with E-state index in [4.69, 9.17) is 27.6 Å². The van der Waals surface area contributed by atoms with Crippen molar-refractivity contribution in [3.05, 3.63) is 55.2 Å². The molecule has 31 heavy (non-hydrogen) atoms. The van der Waals surface area contributed by atoms with E-state index in [1.807, 2.05) is 11.9 Å². The minimum atomic E-state index is -1.37. The minimum Gasteiger partial charge on any atom is -0.507 e. The number of likely N-dealkylation sites (N-methyl/N-ethyl adjacent to an activating group) is 1. The molecule has 3 unspecified atom stereocenters. The SMILES string of the molecule is CN1CCC(c2c(O)cc(O)c3c(=O)c4c(oc23)-c2ccc(Cl)c(Cl)c2C4O)C(O)C1. The van der Waals surface area contributed by atoms with Crippen molar-refractivity contribution in [2.75, 3.05) is 20.1 Å². The summed E-state index contributed by atoms with van der Waals surface area (Å²) in [7, 11) is 1.88. The predicted octanol–water partition coefficient (Wildman–Crippen LogP) is 3.35. The molecule has 1 saturated heterocycles. The molecule has 0 bridgehead atoms. The van der Waals surface area contributed by atoms with Gasteiger partial charge in [-0.15, -0.1) is 0 Å². The zero-order valence-corrected chi connectivity index (χ0v) is 17.9. The van der Waals surface area contributed by atoms with E-state index in [9.17, 15) is 25.2 Å². The molecular formula is C22H19Cl2NO6. The highest BCUT2D eigenvalue weighted by molar-refractivity contribution is 6.43. The number of β-amino-alcohol motifs (C(OH)–C–C–N with tert-alkyl or cyclic N) is 1. The van der Waals surface area contributed by atoms with Gasteiger partial charge in [0.25, 0.3) is 0 Å². The molecule has 0 spiro atoms. The lowest BCUT2D eigenvalue weighted by atomic mass is 9.85. The van der Waals surface area contributed by atoms with E-state index in [0.29, 0.717) is 25.1 Å². The van der Waals surface area contributed by atoms with Gasteiger partial charge in [-0.05, 0) is 32.1 Å². The number of fused-ring (bicyclic) bond motifs is 4. The summed E-state index contributed by atoms with van der Waals surface area (Å²) in [6.45, 7) is 1.06. The number of phenolic OH excluding ortho intramolecular Hbond substituents is 2. The van der Waals surface area contributed by atoms with E-state index in [1.165, 1.54) is 6.07 Å². The van der Waals surface area contributed by atoms with E-state index in [2.05, 4.69) is 0 Å². The molecule has 1 aromatic heterocycles. The largest absolute Gasteiger partial charge is 0.507 e. The number of hydrogen-bond donors (Lipinski definition) is 4. The molecular weight excluding hydrogens is 445 g/mol. The summed E-state index contributed by atoms with van der Waals surface area (Å²) < 4.78 is 6.09. The van der Waals surface area contributed by atoms with Crippen LogP contribution in [0.25, 0.3) is 22.3 Å². The second-order valence-corrected chi connectivity index (χ2v) is 8.94. The minimum absolute atomic E-state index is 0.0130. The predicted molar refractivity (Wildman–Crippen MR) is 116 cm³/mol. The molecule has 0 radical (unpaired) electrons. The first-order valence-electron chi connectivity index (χ1n) is 9.79. The van der Waals surface area contributed by atoms with Crippen LogP contribution in [0.2, 0.25) is 10.0 Å². The molecule has 162 valence electrons. The van der Waals surface area contributed by atoms with Gasteiger partial charge < -0.3 is 29.7 Å². The first-order valence-corrected chi connectivity index (χ1v) is 10.5. The summed E-state index contributed by atoms with van der Waals surface area (Å²) in [4.78, 5) is 15.4. The van der Waals surface area contributed by atoms with Crippen molar-refractivity contribution in [2.45, 2.75) is 24.5 Å². The molecule has 0 saturated carbocycles. The highest BCUT2D eigenvalue weighted by atomic mass is 35.5. The van der Waals surface area contributed by atoms with Gasteiger partial charge in [0.05, 0.1) is 21.7 Å². The number of aliphatic hydroxyl groups excluding tert-OH is 2. The molecule has 1 aliphatic heterocycles. The number of piperidine rings is 1. The second-order valence-electron chi connectivity index (χ2n) is 8.16. The van der Waals surface area contributed by atoms with Crippen LogP contribution in [0.15, 0.2) is 27.4 Å². The average Bonchev–Trinajstić information content (AvgIpc) is 2.98. The highest BCUT2D eigenvalue weighted by Gasteiger charge is 2.38. The fraction of sp³-hybridized carbons (Fsp3) is 0.318. The Balaban J connectivity index is 1.84. The van der Waals surface area contributed by atoms with Crippen LogP contribution in [0.1, 0.15) is 35.1 Å². The number of aliphatic hydroxyl groups is 2. The van der Waals surface area contributed by atoms with E-state index in [1.54, 1.807) is 6.07 Å². The standard InChI is InChI=1S/C22H19Cl2NO6/c1-25-5-4-8(13(28)7-25)14-11(26)6-12(27)16-20(30)17-19(29)15-9(21(17)31-22(14)16)2-3-10(23)18(15)24/h2-3,6,8,13,19,26-29H,4-5,7H2,1H3. The summed E-state index contributed by atoms with van der Waals surface area (Å²) >= 11 is 12.4. The summed E-state index contributed by atoms with van der Waals surface area (Å²) in [5.74, 6) is -1.13. The quantitative estimate of drug-likeness (QED) is 0.437. The Morgan fingerprint density at radius 2 is 1.84 bits per heavy atom. The Morgan fingerprint density at radius 1 is 1.10 bits per heavy atom. The van der Waals surface area contributed by atoms with Gasteiger partial charge in [0.2, 0.25) is 5.43 Å². The van der Waals surface area contributed by atoms with Crippen LogP contribution < -0.4 is 5.43 Å². The Kier molecular flexibility index (Phi) is 4.73. The maximum absolute atomic E-state index is 13.4. The van der Waals surface area contributed by atoms with E-state index in [0.717, 1.165) is 6.07 Å². The Morgan fingerprint density at radius 3 is 2.55 bits per heavy atom. The van der Waals surface area contributed by atoms with Gasteiger partial charge in [0, 0.05) is 35.2 Å². The lowest BCUT2D eigenvalue weighted by Crippen LogP contribution is -2.40. The van der Waals surface area contributed by atoms with Crippen LogP contribution >= 0.6 is 23.2 Å². The number of nitrogens with zero attached hydrogens (tertiary/aromatic N) is 1. The number of benzene rings is 2. The van der Waals surface area contributed by atoms with Gasteiger partial charge in [-0.25, -0.2) is 0 Å². The van der Waals surface area contributed by atoms with E-state index < -0.39 is 29.3 Å². The molecule has 2 heterocycles. The summed E-state index contributed by atoms with van der Waals surface area (Å²) in [5, 5.41) is 42.8. The molecule has 5 rings (SSSR count). The number of aromatic hydroxyl groups is 2. The molecule has 9 heteroatoms. The van der Waals surface area contributed by atoms with Crippen molar-refractivity contribution >= 4 is 34.2 Å². The zero-order chi connectivity index (χ0) is 22.2. The van der Waals surface area contributed by atoms with Crippen LogP contribution in [-0.4, -0.2) is 51.6 Å². The summed E-state index contributed by atoms with van der Waals surface area (Å²) in [5.41, 5.74) is 0.228. The Hall–Kier alpha value is -2.29. The molecule has 2 aliphatic rings. The fourth-order valence-corrected chi connectivity index (χ4v) is 5.21. The van der Waals surface area contributed by atoms with E-state index >= 15 is 0 Å².